The largest absolute Gasteiger partial charge is 0.378 e. The first-order valence-electron chi connectivity index (χ1n) is 8.42. The third-order valence-corrected chi connectivity index (χ3v) is 4.60. The number of rotatable bonds is 5. The summed E-state index contributed by atoms with van der Waals surface area (Å²) < 4.78 is 0. The van der Waals surface area contributed by atoms with Crippen LogP contribution in [0.25, 0.3) is 0 Å². The summed E-state index contributed by atoms with van der Waals surface area (Å²) >= 11 is 0. The van der Waals surface area contributed by atoms with Gasteiger partial charge >= 0.3 is 0 Å². The molecule has 0 aromatic heterocycles. The highest BCUT2D eigenvalue weighted by Crippen LogP contribution is 2.31. The van der Waals surface area contributed by atoms with Crippen LogP contribution in [0.3, 0.4) is 0 Å². The Bertz CT molecular complexity index is 709. The number of benzene rings is 2. The first kappa shape index (κ1) is 16.4. The maximum atomic E-state index is 12.3. The summed E-state index contributed by atoms with van der Waals surface area (Å²) in [7, 11) is 4.04. The Hall–Kier alpha value is -2.49. The van der Waals surface area contributed by atoms with E-state index in [2.05, 4.69) is 64.5 Å². The third kappa shape index (κ3) is 3.53. The van der Waals surface area contributed by atoms with Crippen molar-refractivity contribution in [3.05, 3.63) is 59.7 Å². The molecule has 2 aromatic carbocycles. The normalized spacial score (nSPS) is 16.0. The van der Waals surface area contributed by atoms with Crippen molar-refractivity contribution in [2.45, 2.75) is 25.9 Å². The molecule has 0 fully saturated rings. The van der Waals surface area contributed by atoms with E-state index in [1.807, 2.05) is 20.2 Å². The van der Waals surface area contributed by atoms with Gasteiger partial charge in [-0.15, -0.1) is 0 Å². The average molecular weight is 323 g/mol. The Kier molecular flexibility index (Phi) is 4.74. The number of nitrogens with zero attached hydrogens (tertiary/aromatic N) is 2. The third-order valence-electron chi connectivity index (χ3n) is 4.60. The van der Waals surface area contributed by atoms with E-state index in [0.29, 0.717) is 19.1 Å². The van der Waals surface area contributed by atoms with Crippen molar-refractivity contribution in [1.82, 2.24) is 5.32 Å². The molecule has 1 amide bonds. The SMILES string of the molecule is C[C@@H]1Cc2ccccc2N1CC(=O)NCc1ccc(N(C)C)cc1. The van der Waals surface area contributed by atoms with Crippen LogP contribution >= 0.6 is 0 Å². The van der Waals surface area contributed by atoms with E-state index in [1.54, 1.807) is 0 Å². The Balaban J connectivity index is 1.56. The first-order valence-corrected chi connectivity index (χ1v) is 8.42. The number of hydrogen-bond acceptors (Lipinski definition) is 3. The predicted octanol–water partition coefficient (Wildman–Crippen LogP) is 2.82. The minimum absolute atomic E-state index is 0.0650. The molecular formula is C20H25N3O. The zero-order valence-corrected chi connectivity index (χ0v) is 14.6. The highest BCUT2D eigenvalue weighted by molar-refractivity contribution is 5.82. The zero-order chi connectivity index (χ0) is 17.1. The molecule has 4 heteroatoms. The van der Waals surface area contributed by atoms with Crippen molar-refractivity contribution in [1.29, 1.82) is 0 Å². The fourth-order valence-corrected chi connectivity index (χ4v) is 3.19. The van der Waals surface area contributed by atoms with E-state index >= 15 is 0 Å². The second-order valence-electron chi connectivity index (χ2n) is 6.65. The number of fused-ring (bicyclic) bond motifs is 1. The van der Waals surface area contributed by atoms with Gasteiger partial charge in [0.05, 0.1) is 6.54 Å². The number of carbonyl (C=O) groups excluding carboxylic acids is 1. The molecule has 1 heterocycles. The van der Waals surface area contributed by atoms with Crippen LogP contribution in [0, 0.1) is 0 Å². The molecular weight excluding hydrogens is 298 g/mol. The lowest BCUT2D eigenvalue weighted by Crippen LogP contribution is -2.39. The zero-order valence-electron chi connectivity index (χ0n) is 14.6. The van der Waals surface area contributed by atoms with Gasteiger partial charge in [-0.25, -0.2) is 0 Å². The van der Waals surface area contributed by atoms with Gasteiger partial charge < -0.3 is 15.1 Å². The fraction of sp³-hybridized carbons (Fsp3) is 0.350. The van der Waals surface area contributed by atoms with Crippen LogP contribution in [0.15, 0.2) is 48.5 Å². The quantitative estimate of drug-likeness (QED) is 0.919. The molecule has 24 heavy (non-hydrogen) atoms. The smallest absolute Gasteiger partial charge is 0.239 e. The molecule has 0 aliphatic carbocycles. The summed E-state index contributed by atoms with van der Waals surface area (Å²) in [4.78, 5) is 16.6. The Morgan fingerprint density at radius 3 is 2.58 bits per heavy atom. The van der Waals surface area contributed by atoms with Crippen LogP contribution in [0.4, 0.5) is 11.4 Å². The lowest BCUT2D eigenvalue weighted by molar-refractivity contribution is -0.120. The molecule has 3 rings (SSSR count). The number of carbonyl (C=O) groups is 1. The molecule has 2 aromatic rings. The van der Waals surface area contributed by atoms with Crippen molar-refractivity contribution < 1.29 is 4.79 Å². The highest BCUT2D eigenvalue weighted by Gasteiger charge is 2.26. The minimum Gasteiger partial charge on any atom is -0.378 e. The van der Waals surface area contributed by atoms with Crippen molar-refractivity contribution in [2.24, 2.45) is 0 Å². The van der Waals surface area contributed by atoms with Crippen LogP contribution < -0.4 is 15.1 Å². The lowest BCUT2D eigenvalue weighted by atomic mass is 10.1. The molecule has 0 spiro atoms. The molecule has 1 N–H and O–H groups in total. The lowest BCUT2D eigenvalue weighted by Gasteiger charge is -2.24. The summed E-state index contributed by atoms with van der Waals surface area (Å²) in [6.07, 6.45) is 1.01. The van der Waals surface area contributed by atoms with Gasteiger partial charge in [-0.1, -0.05) is 30.3 Å². The van der Waals surface area contributed by atoms with E-state index < -0.39 is 0 Å². The maximum Gasteiger partial charge on any atom is 0.239 e. The second-order valence-corrected chi connectivity index (χ2v) is 6.65. The minimum atomic E-state index is 0.0650. The summed E-state index contributed by atoms with van der Waals surface area (Å²) in [5, 5.41) is 3.03. The van der Waals surface area contributed by atoms with Crippen LogP contribution in [-0.4, -0.2) is 32.6 Å². The van der Waals surface area contributed by atoms with E-state index in [-0.39, 0.29) is 5.91 Å². The van der Waals surface area contributed by atoms with E-state index in [4.69, 9.17) is 0 Å². The Morgan fingerprint density at radius 1 is 1.17 bits per heavy atom. The predicted molar refractivity (Wildman–Crippen MR) is 99.6 cm³/mol. The molecule has 1 aliphatic heterocycles. The topological polar surface area (TPSA) is 35.6 Å². The molecule has 1 aliphatic rings. The average Bonchev–Trinajstić information content (AvgIpc) is 2.89. The van der Waals surface area contributed by atoms with Gasteiger partial charge in [0.25, 0.3) is 0 Å². The fourth-order valence-electron chi connectivity index (χ4n) is 3.19. The van der Waals surface area contributed by atoms with Crippen LogP contribution in [0.5, 0.6) is 0 Å². The molecule has 0 bridgehead atoms. The first-order chi connectivity index (χ1) is 11.5. The summed E-state index contributed by atoms with van der Waals surface area (Å²) in [6.45, 7) is 3.15. The van der Waals surface area contributed by atoms with Gasteiger partial charge in [-0.05, 0) is 42.7 Å². The summed E-state index contributed by atoms with van der Waals surface area (Å²) in [5.74, 6) is 0.0650. The number of para-hydroxylation sites is 1. The molecule has 0 radical (unpaired) electrons. The van der Waals surface area contributed by atoms with Crippen molar-refractivity contribution >= 4 is 17.3 Å². The van der Waals surface area contributed by atoms with Crippen molar-refractivity contribution in [3.8, 4) is 0 Å². The number of hydrogen-bond donors (Lipinski definition) is 1. The monoisotopic (exact) mass is 323 g/mol. The number of amides is 1. The van der Waals surface area contributed by atoms with Crippen molar-refractivity contribution in [2.75, 3.05) is 30.4 Å². The van der Waals surface area contributed by atoms with Gasteiger partial charge in [0.15, 0.2) is 0 Å². The van der Waals surface area contributed by atoms with Crippen LogP contribution in [0.1, 0.15) is 18.1 Å². The van der Waals surface area contributed by atoms with E-state index in [0.717, 1.165) is 17.7 Å². The molecule has 0 saturated heterocycles. The molecule has 0 unspecified atom stereocenters. The Labute approximate surface area is 144 Å². The Morgan fingerprint density at radius 2 is 1.88 bits per heavy atom. The van der Waals surface area contributed by atoms with Crippen LogP contribution in [-0.2, 0) is 17.8 Å². The molecule has 0 saturated carbocycles. The van der Waals surface area contributed by atoms with E-state index in [1.165, 1.54) is 11.3 Å². The summed E-state index contributed by atoms with van der Waals surface area (Å²) in [6, 6.07) is 17.0. The standard InChI is InChI=1S/C20H25N3O/c1-15-12-17-6-4-5-7-19(17)23(15)14-20(24)21-13-16-8-10-18(11-9-16)22(2)3/h4-11,15H,12-14H2,1-3H3,(H,21,24)/t15-/m1/s1. The summed E-state index contributed by atoms with van der Waals surface area (Å²) in [5.41, 5.74) is 4.80. The second kappa shape index (κ2) is 6.95. The highest BCUT2D eigenvalue weighted by atomic mass is 16.2. The van der Waals surface area contributed by atoms with Gasteiger partial charge in [-0.2, -0.15) is 0 Å². The molecule has 126 valence electrons. The van der Waals surface area contributed by atoms with Gasteiger partial charge in [0, 0.05) is 38.1 Å². The van der Waals surface area contributed by atoms with Gasteiger partial charge in [0.1, 0.15) is 0 Å². The number of anilines is 2. The van der Waals surface area contributed by atoms with Crippen LogP contribution in [0.2, 0.25) is 0 Å². The maximum absolute atomic E-state index is 12.3. The number of nitrogens with one attached hydrogen (secondary N) is 1. The van der Waals surface area contributed by atoms with E-state index in [9.17, 15) is 4.79 Å². The van der Waals surface area contributed by atoms with Gasteiger partial charge in [0.2, 0.25) is 5.91 Å². The molecule has 1 atom stereocenters. The molecule has 4 nitrogen and oxygen atoms in total. The van der Waals surface area contributed by atoms with Crippen molar-refractivity contribution in [3.63, 3.8) is 0 Å². The van der Waals surface area contributed by atoms with Gasteiger partial charge in [-0.3, -0.25) is 4.79 Å².